The third-order valence-corrected chi connectivity index (χ3v) is 5.92. The van der Waals surface area contributed by atoms with Crippen LogP contribution in [0, 0.1) is 0 Å². The largest absolute Gasteiger partial charge is 0.493 e. The average Bonchev–Trinajstić information content (AvgIpc) is 2.76. The summed E-state index contributed by atoms with van der Waals surface area (Å²) >= 11 is 0. The maximum atomic E-state index is 13.0. The van der Waals surface area contributed by atoms with Crippen LogP contribution < -0.4 is 25.5 Å². The molecule has 1 N–H and O–H groups in total. The molecule has 0 radical (unpaired) electrons. The zero-order valence-electron chi connectivity index (χ0n) is 18.6. The number of aromatic nitrogens is 3. The van der Waals surface area contributed by atoms with Crippen molar-refractivity contribution in [3.63, 3.8) is 0 Å². The molecule has 1 unspecified atom stereocenters. The Labute approximate surface area is 184 Å². The Morgan fingerprint density at radius 1 is 1.03 bits per heavy atom. The summed E-state index contributed by atoms with van der Waals surface area (Å²) in [6.07, 6.45) is 2.15. The molecule has 3 aromatic rings. The lowest BCUT2D eigenvalue weighted by Crippen LogP contribution is -2.33. The normalized spacial score (nSPS) is 15.7. The van der Waals surface area contributed by atoms with Crippen LogP contribution in [0.4, 0.5) is 0 Å². The van der Waals surface area contributed by atoms with Gasteiger partial charge in [-0.25, -0.2) is 9.78 Å². The molecule has 32 heavy (non-hydrogen) atoms. The van der Waals surface area contributed by atoms with E-state index in [1.54, 1.807) is 0 Å². The molecule has 168 valence electrons. The Balaban J connectivity index is 1.92. The monoisotopic (exact) mass is 439 g/mol. The smallest absolute Gasteiger partial charge is 0.330 e. The number of rotatable bonds is 5. The molecule has 1 atom stereocenters. The standard InChI is InChI=1S/C23H25N3O6/c1-11(2)26-21-19(22(28)25-23(26)29)14-6-12(7-16(27)15(14)10-24-21)13-8-17(30-3)20(32-5)18(9-13)31-4/h8-12H,6-7H2,1-5H3,(H,25,28,29). The van der Waals surface area contributed by atoms with Gasteiger partial charge in [-0.1, -0.05) is 0 Å². The van der Waals surface area contributed by atoms with Crippen LogP contribution in [0.15, 0.2) is 27.9 Å². The Morgan fingerprint density at radius 2 is 1.69 bits per heavy atom. The molecule has 9 nitrogen and oxygen atoms in total. The molecule has 2 aromatic heterocycles. The van der Waals surface area contributed by atoms with E-state index in [9.17, 15) is 14.4 Å². The summed E-state index contributed by atoms with van der Waals surface area (Å²) in [6.45, 7) is 3.67. The van der Waals surface area contributed by atoms with Gasteiger partial charge in [0.05, 0.1) is 26.7 Å². The second-order valence-electron chi connectivity index (χ2n) is 8.06. The Hall–Kier alpha value is -3.62. The number of hydrogen-bond acceptors (Lipinski definition) is 7. The first-order valence-corrected chi connectivity index (χ1v) is 10.3. The van der Waals surface area contributed by atoms with Crippen LogP contribution >= 0.6 is 0 Å². The summed E-state index contributed by atoms with van der Waals surface area (Å²) in [5.41, 5.74) is 1.07. The van der Waals surface area contributed by atoms with Gasteiger partial charge in [-0.3, -0.25) is 19.1 Å². The van der Waals surface area contributed by atoms with E-state index in [1.165, 1.54) is 32.1 Å². The number of benzene rings is 1. The van der Waals surface area contributed by atoms with Crippen LogP contribution in [0.2, 0.25) is 0 Å². The van der Waals surface area contributed by atoms with Crippen LogP contribution in [0.25, 0.3) is 11.0 Å². The number of carbonyl (C=O) groups is 1. The Morgan fingerprint density at radius 3 is 2.25 bits per heavy atom. The van der Waals surface area contributed by atoms with Gasteiger partial charge in [-0.15, -0.1) is 0 Å². The second-order valence-corrected chi connectivity index (χ2v) is 8.06. The number of aromatic amines is 1. The quantitative estimate of drug-likeness (QED) is 0.650. The zero-order valence-corrected chi connectivity index (χ0v) is 18.6. The number of H-pyrrole nitrogens is 1. The first kappa shape index (κ1) is 21.6. The van der Waals surface area contributed by atoms with Gasteiger partial charge in [-0.2, -0.15) is 0 Å². The number of hydrogen-bond donors (Lipinski definition) is 1. The fraction of sp³-hybridized carbons (Fsp3) is 0.391. The lowest BCUT2D eigenvalue weighted by atomic mass is 9.79. The molecule has 0 saturated heterocycles. The third-order valence-electron chi connectivity index (χ3n) is 5.92. The molecule has 0 spiro atoms. The van der Waals surface area contributed by atoms with Gasteiger partial charge in [0.1, 0.15) is 5.65 Å². The number of carbonyl (C=O) groups excluding carboxylic acids is 1. The van der Waals surface area contributed by atoms with Gasteiger partial charge in [0.2, 0.25) is 5.75 Å². The van der Waals surface area contributed by atoms with Crippen LogP contribution in [-0.4, -0.2) is 41.6 Å². The molecule has 9 heteroatoms. The molecule has 1 aliphatic carbocycles. The number of pyridine rings is 1. The topological polar surface area (TPSA) is 113 Å². The van der Waals surface area contributed by atoms with E-state index in [0.717, 1.165) is 5.56 Å². The molecule has 0 fully saturated rings. The van der Waals surface area contributed by atoms with E-state index in [4.69, 9.17) is 14.2 Å². The Kier molecular flexibility index (Phi) is 5.50. The van der Waals surface area contributed by atoms with Crippen molar-refractivity contribution >= 4 is 16.8 Å². The highest BCUT2D eigenvalue weighted by Crippen LogP contribution is 2.43. The molecule has 0 aliphatic heterocycles. The number of ether oxygens (including phenoxy) is 3. The van der Waals surface area contributed by atoms with E-state index in [2.05, 4.69) is 9.97 Å². The molecule has 0 amide bonds. The number of methoxy groups -OCH3 is 3. The zero-order chi connectivity index (χ0) is 23.2. The van der Waals surface area contributed by atoms with Crippen molar-refractivity contribution in [1.29, 1.82) is 0 Å². The first-order valence-electron chi connectivity index (χ1n) is 10.3. The lowest BCUT2D eigenvalue weighted by molar-refractivity contribution is 0.0964. The molecule has 2 heterocycles. The summed E-state index contributed by atoms with van der Waals surface area (Å²) in [5, 5.41) is 0.279. The van der Waals surface area contributed by atoms with Crippen LogP contribution in [0.5, 0.6) is 17.2 Å². The summed E-state index contributed by atoms with van der Waals surface area (Å²) in [5.74, 6) is 1.12. The van der Waals surface area contributed by atoms with E-state index >= 15 is 0 Å². The predicted octanol–water partition coefficient (Wildman–Crippen LogP) is 2.60. The van der Waals surface area contributed by atoms with Crippen molar-refractivity contribution in [3.8, 4) is 17.2 Å². The number of Topliss-reactive ketones (excluding diaryl/α,β-unsaturated/α-hetero) is 1. The molecule has 4 rings (SSSR count). The van der Waals surface area contributed by atoms with E-state index < -0.39 is 11.2 Å². The van der Waals surface area contributed by atoms with E-state index in [-0.39, 0.29) is 35.2 Å². The third kappa shape index (κ3) is 3.34. The number of nitrogens with zero attached hydrogens (tertiary/aromatic N) is 2. The number of fused-ring (bicyclic) bond motifs is 3. The summed E-state index contributed by atoms with van der Waals surface area (Å²) < 4.78 is 17.7. The molecular weight excluding hydrogens is 414 g/mol. The number of nitrogens with one attached hydrogen (secondary N) is 1. The van der Waals surface area contributed by atoms with Crippen molar-refractivity contribution in [3.05, 3.63) is 55.9 Å². The second kappa shape index (κ2) is 8.14. The molecule has 1 aliphatic rings. The van der Waals surface area contributed by atoms with Gasteiger partial charge in [0.25, 0.3) is 5.56 Å². The first-order chi connectivity index (χ1) is 15.3. The summed E-state index contributed by atoms with van der Waals surface area (Å²) in [4.78, 5) is 44.9. The van der Waals surface area contributed by atoms with Gasteiger partial charge in [0.15, 0.2) is 17.3 Å². The van der Waals surface area contributed by atoms with Gasteiger partial charge < -0.3 is 14.2 Å². The minimum Gasteiger partial charge on any atom is -0.493 e. The van der Waals surface area contributed by atoms with Crippen molar-refractivity contribution < 1.29 is 19.0 Å². The molecule has 0 saturated carbocycles. The summed E-state index contributed by atoms with van der Waals surface area (Å²) in [7, 11) is 4.60. The highest BCUT2D eigenvalue weighted by atomic mass is 16.5. The molecule has 1 aromatic carbocycles. The van der Waals surface area contributed by atoms with Gasteiger partial charge in [-0.05, 0) is 49.4 Å². The average molecular weight is 439 g/mol. The van der Waals surface area contributed by atoms with Crippen LogP contribution in [0.3, 0.4) is 0 Å². The Bertz CT molecular complexity index is 1310. The minimum absolute atomic E-state index is 0.110. The summed E-state index contributed by atoms with van der Waals surface area (Å²) in [6, 6.07) is 3.43. The predicted molar refractivity (Wildman–Crippen MR) is 118 cm³/mol. The van der Waals surface area contributed by atoms with Gasteiger partial charge in [0, 0.05) is 24.2 Å². The minimum atomic E-state index is -0.537. The fourth-order valence-electron chi connectivity index (χ4n) is 4.43. The van der Waals surface area contributed by atoms with Crippen molar-refractivity contribution in [2.75, 3.05) is 21.3 Å². The molecule has 0 bridgehead atoms. The van der Waals surface area contributed by atoms with Crippen LogP contribution in [0.1, 0.15) is 53.7 Å². The maximum absolute atomic E-state index is 13.0. The lowest BCUT2D eigenvalue weighted by Gasteiger charge is -2.26. The van der Waals surface area contributed by atoms with Crippen molar-refractivity contribution in [2.45, 2.75) is 38.6 Å². The van der Waals surface area contributed by atoms with Crippen molar-refractivity contribution in [1.82, 2.24) is 14.5 Å². The maximum Gasteiger partial charge on any atom is 0.330 e. The van der Waals surface area contributed by atoms with Gasteiger partial charge >= 0.3 is 5.69 Å². The highest BCUT2D eigenvalue weighted by molar-refractivity contribution is 6.02. The molecular formula is C23H25N3O6. The van der Waals surface area contributed by atoms with E-state index in [1.807, 2.05) is 26.0 Å². The van der Waals surface area contributed by atoms with E-state index in [0.29, 0.717) is 34.8 Å². The van der Waals surface area contributed by atoms with Crippen molar-refractivity contribution in [2.24, 2.45) is 0 Å². The highest BCUT2D eigenvalue weighted by Gasteiger charge is 2.31. The SMILES string of the molecule is COc1cc(C2CC(=O)c3cnc4c(c3C2)c(=O)[nH]c(=O)n4C(C)C)cc(OC)c1OC. The fourth-order valence-corrected chi connectivity index (χ4v) is 4.43. The number of ketones is 1. The van der Waals surface area contributed by atoms with Crippen LogP contribution in [-0.2, 0) is 6.42 Å².